The molecule has 0 radical (unpaired) electrons. The molecule has 3 nitrogen and oxygen atoms in total. The van der Waals surface area contributed by atoms with E-state index in [-0.39, 0.29) is 0 Å². The molecule has 0 aromatic rings. The Kier molecular flexibility index (Phi) is 5.46. The first-order valence-electron chi connectivity index (χ1n) is 4.04. The average Bonchev–Trinajstić information content (AvgIpc) is 2.02. The van der Waals surface area contributed by atoms with Gasteiger partial charge in [0.25, 0.3) is 0 Å². The molecule has 0 saturated heterocycles. The van der Waals surface area contributed by atoms with Crippen LogP contribution in [-0.2, 0) is 4.74 Å². The first kappa shape index (κ1) is 10.9. The van der Waals surface area contributed by atoms with Gasteiger partial charge in [0.2, 0.25) is 0 Å². The molecule has 0 saturated carbocycles. The Labute approximate surface area is 69.5 Å². The number of nitrogens with zero attached hydrogens (tertiary/aromatic N) is 1. The number of likely N-dealkylation sites (N-methyl/N-ethyl adjacent to an activating group) is 1. The van der Waals surface area contributed by atoms with E-state index in [1.807, 2.05) is 0 Å². The maximum Gasteiger partial charge on any atom is 0.0615 e. The van der Waals surface area contributed by atoms with Crippen molar-refractivity contribution >= 4 is 0 Å². The molecule has 0 aromatic heterocycles. The fourth-order valence-corrected chi connectivity index (χ4v) is 0.959. The van der Waals surface area contributed by atoms with Crippen molar-refractivity contribution in [2.45, 2.75) is 25.9 Å². The van der Waals surface area contributed by atoms with Crippen molar-refractivity contribution in [3.63, 3.8) is 0 Å². The van der Waals surface area contributed by atoms with Crippen molar-refractivity contribution in [1.29, 1.82) is 0 Å². The summed E-state index contributed by atoms with van der Waals surface area (Å²) >= 11 is 0. The van der Waals surface area contributed by atoms with Crippen LogP contribution in [0.1, 0.15) is 13.8 Å². The molecular weight excluding hydrogens is 140 g/mol. The number of hydrogen-bond acceptors (Lipinski definition) is 3. The molecule has 68 valence electrons. The lowest BCUT2D eigenvalue weighted by molar-refractivity contribution is 0.0960. The maximum absolute atomic E-state index is 5.52. The Balaban J connectivity index is 3.70. The van der Waals surface area contributed by atoms with Crippen molar-refractivity contribution in [1.82, 2.24) is 4.90 Å². The lowest BCUT2D eigenvalue weighted by atomic mass is 10.2. The summed E-state index contributed by atoms with van der Waals surface area (Å²) in [7, 11) is 3.79. The van der Waals surface area contributed by atoms with Crippen LogP contribution < -0.4 is 5.73 Å². The minimum Gasteiger partial charge on any atom is -0.383 e. The first-order valence-corrected chi connectivity index (χ1v) is 4.04. The van der Waals surface area contributed by atoms with Gasteiger partial charge in [0.15, 0.2) is 0 Å². The molecule has 0 aromatic carbocycles. The Morgan fingerprint density at radius 3 is 2.27 bits per heavy atom. The molecule has 2 atom stereocenters. The van der Waals surface area contributed by atoms with Gasteiger partial charge in [-0.25, -0.2) is 0 Å². The largest absolute Gasteiger partial charge is 0.383 e. The molecule has 3 heteroatoms. The molecule has 0 aliphatic rings. The van der Waals surface area contributed by atoms with Gasteiger partial charge in [-0.1, -0.05) is 0 Å². The molecule has 0 spiro atoms. The number of rotatable bonds is 5. The third kappa shape index (κ3) is 3.70. The number of ether oxygens (including phenoxy) is 1. The SMILES string of the molecule is COCC(C)N(C)C(C)CN. The lowest BCUT2D eigenvalue weighted by Crippen LogP contribution is -2.43. The molecule has 11 heavy (non-hydrogen) atoms. The van der Waals surface area contributed by atoms with Crippen LogP contribution in [0.5, 0.6) is 0 Å². The summed E-state index contributed by atoms with van der Waals surface area (Å²) in [6, 6.07) is 0.874. The second-order valence-electron chi connectivity index (χ2n) is 3.05. The van der Waals surface area contributed by atoms with E-state index in [1.54, 1.807) is 7.11 Å². The Hall–Kier alpha value is -0.120. The van der Waals surface area contributed by atoms with E-state index >= 15 is 0 Å². The fourth-order valence-electron chi connectivity index (χ4n) is 0.959. The second-order valence-corrected chi connectivity index (χ2v) is 3.05. The molecule has 0 bridgehead atoms. The van der Waals surface area contributed by atoms with Gasteiger partial charge in [-0.05, 0) is 20.9 Å². The highest BCUT2D eigenvalue weighted by Crippen LogP contribution is 2.00. The van der Waals surface area contributed by atoms with Gasteiger partial charge in [-0.15, -0.1) is 0 Å². The molecule has 2 N–H and O–H groups in total. The Morgan fingerprint density at radius 2 is 1.91 bits per heavy atom. The number of nitrogens with two attached hydrogens (primary N) is 1. The van der Waals surface area contributed by atoms with E-state index in [2.05, 4.69) is 25.8 Å². The molecule has 0 rings (SSSR count). The predicted octanol–water partition coefficient (Wildman–Crippen LogP) is 0.300. The smallest absolute Gasteiger partial charge is 0.0615 e. The molecule has 0 aliphatic heterocycles. The highest BCUT2D eigenvalue weighted by molar-refractivity contribution is 4.69. The number of methoxy groups -OCH3 is 1. The molecule has 2 unspecified atom stereocenters. The van der Waals surface area contributed by atoms with Crippen molar-refractivity contribution in [2.24, 2.45) is 5.73 Å². The van der Waals surface area contributed by atoms with E-state index < -0.39 is 0 Å². The van der Waals surface area contributed by atoms with E-state index in [1.165, 1.54) is 0 Å². The molecule has 0 amide bonds. The third-order valence-corrected chi connectivity index (χ3v) is 2.14. The zero-order chi connectivity index (χ0) is 8.85. The van der Waals surface area contributed by atoms with Gasteiger partial charge in [-0.2, -0.15) is 0 Å². The standard InChI is InChI=1S/C8H20N2O/c1-7(5-9)10(3)8(2)6-11-4/h7-8H,5-6,9H2,1-4H3. The molecular formula is C8H20N2O. The zero-order valence-corrected chi connectivity index (χ0v) is 8.00. The zero-order valence-electron chi connectivity index (χ0n) is 8.00. The van der Waals surface area contributed by atoms with Crippen molar-refractivity contribution in [3.05, 3.63) is 0 Å². The molecule has 0 fully saturated rings. The van der Waals surface area contributed by atoms with E-state index in [0.717, 1.165) is 6.61 Å². The Morgan fingerprint density at radius 1 is 1.36 bits per heavy atom. The summed E-state index contributed by atoms with van der Waals surface area (Å²) in [4.78, 5) is 2.23. The van der Waals surface area contributed by atoms with E-state index in [4.69, 9.17) is 10.5 Å². The van der Waals surface area contributed by atoms with Gasteiger partial charge in [-0.3, -0.25) is 4.90 Å². The lowest BCUT2D eigenvalue weighted by Gasteiger charge is -2.29. The van der Waals surface area contributed by atoms with E-state index in [9.17, 15) is 0 Å². The van der Waals surface area contributed by atoms with Crippen LogP contribution in [0.15, 0.2) is 0 Å². The monoisotopic (exact) mass is 160 g/mol. The van der Waals surface area contributed by atoms with Crippen LogP contribution in [0.4, 0.5) is 0 Å². The predicted molar refractivity (Wildman–Crippen MR) is 47.6 cm³/mol. The minimum atomic E-state index is 0.431. The van der Waals surface area contributed by atoms with Gasteiger partial charge in [0.05, 0.1) is 6.61 Å². The fraction of sp³-hybridized carbons (Fsp3) is 1.00. The molecule has 0 heterocycles. The summed E-state index contributed by atoms with van der Waals surface area (Å²) in [5.41, 5.74) is 5.52. The topological polar surface area (TPSA) is 38.5 Å². The van der Waals surface area contributed by atoms with Crippen LogP contribution in [0.2, 0.25) is 0 Å². The van der Waals surface area contributed by atoms with Crippen molar-refractivity contribution in [2.75, 3.05) is 27.3 Å². The van der Waals surface area contributed by atoms with Crippen LogP contribution in [-0.4, -0.2) is 44.3 Å². The van der Waals surface area contributed by atoms with Crippen molar-refractivity contribution in [3.8, 4) is 0 Å². The van der Waals surface area contributed by atoms with Gasteiger partial charge in [0, 0.05) is 25.7 Å². The normalized spacial score (nSPS) is 16.9. The highest BCUT2D eigenvalue weighted by atomic mass is 16.5. The minimum absolute atomic E-state index is 0.431. The molecule has 0 aliphatic carbocycles. The van der Waals surface area contributed by atoms with Gasteiger partial charge in [0.1, 0.15) is 0 Å². The Bertz CT molecular complexity index is 98.1. The van der Waals surface area contributed by atoms with Crippen molar-refractivity contribution < 1.29 is 4.74 Å². The quantitative estimate of drug-likeness (QED) is 0.628. The van der Waals surface area contributed by atoms with Gasteiger partial charge < -0.3 is 10.5 Å². The second kappa shape index (κ2) is 5.52. The maximum atomic E-state index is 5.52. The van der Waals surface area contributed by atoms with Crippen LogP contribution in [0, 0.1) is 0 Å². The summed E-state index contributed by atoms with van der Waals surface area (Å²) in [5, 5.41) is 0. The average molecular weight is 160 g/mol. The van der Waals surface area contributed by atoms with Gasteiger partial charge >= 0.3 is 0 Å². The number of hydrogen-bond donors (Lipinski definition) is 1. The van der Waals surface area contributed by atoms with Crippen LogP contribution >= 0.6 is 0 Å². The summed E-state index contributed by atoms with van der Waals surface area (Å²) in [6.07, 6.45) is 0. The first-order chi connectivity index (χ1) is 5.13. The summed E-state index contributed by atoms with van der Waals surface area (Å²) in [5.74, 6) is 0. The van der Waals surface area contributed by atoms with Crippen LogP contribution in [0.3, 0.4) is 0 Å². The summed E-state index contributed by atoms with van der Waals surface area (Å²) < 4.78 is 5.04. The van der Waals surface area contributed by atoms with E-state index in [0.29, 0.717) is 18.6 Å². The van der Waals surface area contributed by atoms with Crippen LogP contribution in [0.25, 0.3) is 0 Å². The highest BCUT2D eigenvalue weighted by Gasteiger charge is 2.13. The third-order valence-electron chi connectivity index (χ3n) is 2.14. The summed E-state index contributed by atoms with van der Waals surface area (Å²) in [6.45, 7) is 5.72.